The van der Waals surface area contributed by atoms with Crippen LogP contribution in [0.3, 0.4) is 0 Å². The average Bonchev–Trinajstić information content (AvgIpc) is 0. The van der Waals surface area contributed by atoms with Crippen LogP contribution in [0, 0.1) is 0 Å². The molecule has 0 fully saturated rings. The van der Waals surface area contributed by atoms with Crippen molar-refractivity contribution in [1.29, 1.82) is 0 Å². The lowest BCUT2D eigenvalue weighted by Gasteiger charge is -0.412. The lowest BCUT2D eigenvalue weighted by Crippen LogP contribution is -0.382. The Kier molecular flexibility index (Phi) is 6300. The van der Waals surface area contributed by atoms with Crippen LogP contribution in [0.15, 0.2) is 0 Å². The maximum atomic E-state index is 0. The minimum Gasteiger partial charge on any atom is -0.412 e. The van der Waals surface area contributed by atoms with Crippen LogP contribution in [-0.4, -0.2) is 35.8 Å². The van der Waals surface area contributed by atoms with Crippen molar-refractivity contribution in [3.05, 3.63) is 0 Å². The first-order chi connectivity index (χ1) is 0. The second-order valence-corrected chi connectivity index (χ2v) is 0. The highest BCUT2D eigenvalue weighted by Gasteiger charge is 0.0814. The molecule has 0 unspecified atom stereocenters. The Morgan fingerprint density at radius 2 is 0.750 bits per heavy atom. The van der Waals surface area contributed by atoms with Crippen LogP contribution >= 0.6 is 0 Å². The number of hydrogen-bond donors (Lipinski definition) is 0. The molecule has 0 aromatic heterocycles. The SMILES string of the molecule is B.O.[SiH4].[SiH4]. The highest BCUT2D eigenvalue weighted by molar-refractivity contribution is 5.76. The van der Waals surface area contributed by atoms with Crippen LogP contribution in [0.2, 0.25) is 0 Å². The summed E-state index contributed by atoms with van der Waals surface area (Å²) in [5.41, 5.74) is 0. The van der Waals surface area contributed by atoms with Crippen molar-refractivity contribution < 1.29 is 5.48 Å². The van der Waals surface area contributed by atoms with E-state index in [1.54, 1.807) is 0 Å². The highest BCUT2D eigenvalue weighted by atomic mass is 28.1. The summed E-state index contributed by atoms with van der Waals surface area (Å²) in [5.74, 6) is 0. The highest BCUT2D eigenvalue weighted by Crippen LogP contribution is -0.289. The fraction of sp³-hybridized carbons (Fsp3) is 0. The molecule has 0 amide bonds. The van der Waals surface area contributed by atoms with Crippen molar-refractivity contribution in [3.8, 4) is 0 Å². The molecule has 0 spiro atoms. The summed E-state index contributed by atoms with van der Waals surface area (Å²) in [4.78, 5) is 0. The van der Waals surface area contributed by atoms with E-state index in [0.29, 0.717) is 0 Å². The molecule has 0 aromatic carbocycles. The second-order valence-electron chi connectivity index (χ2n) is 0. The molecule has 4 heavy (non-hydrogen) atoms. The molecule has 30 valence electrons. The van der Waals surface area contributed by atoms with Gasteiger partial charge in [0.15, 0.2) is 0 Å². The molecule has 0 aliphatic heterocycles. The Balaban J connectivity index is 0. The van der Waals surface area contributed by atoms with Crippen LogP contribution in [-0.2, 0) is 0 Å². The van der Waals surface area contributed by atoms with Crippen LogP contribution in [0.5, 0.6) is 0 Å². The summed E-state index contributed by atoms with van der Waals surface area (Å²) in [5, 5.41) is 0. The predicted octanol–water partition coefficient (Wildman–Crippen LogP) is -4.91. The van der Waals surface area contributed by atoms with Crippen LogP contribution in [0.25, 0.3) is 0 Å². The lowest BCUT2D eigenvalue weighted by molar-refractivity contribution is 0.824. The Morgan fingerprint density at radius 3 is 0.750 bits per heavy atom. The zero-order valence-corrected chi connectivity index (χ0v) is 0.500. The van der Waals surface area contributed by atoms with Crippen molar-refractivity contribution in [3.63, 3.8) is 0 Å². The van der Waals surface area contributed by atoms with Gasteiger partial charge in [0.1, 0.15) is 0 Å². The minimum atomic E-state index is 0. The first-order valence-electron chi connectivity index (χ1n) is 0. The van der Waals surface area contributed by atoms with E-state index in [-0.39, 0.29) is 35.8 Å². The van der Waals surface area contributed by atoms with Gasteiger partial charge in [-0.05, 0) is 21.9 Å². The lowest BCUT2D eigenvalue weighted by atomic mass is 10.8. The van der Waals surface area contributed by atoms with Crippen molar-refractivity contribution in [2.75, 3.05) is 0 Å². The third-order valence-corrected chi connectivity index (χ3v) is 0. The van der Waals surface area contributed by atoms with E-state index in [0.717, 1.165) is 0 Å². The monoisotopic (exact) mass is 96.1 g/mol. The zero-order chi connectivity index (χ0) is 0. The third-order valence-electron chi connectivity index (χ3n) is 0. The Morgan fingerprint density at radius 1 is 0.750 bits per heavy atom. The minimum absolute atomic E-state index is 0. The molecule has 4 heteroatoms. The molecule has 0 aliphatic rings. The quantitative estimate of drug-likeness (QED) is 0.271. The van der Waals surface area contributed by atoms with E-state index in [9.17, 15) is 0 Å². The third kappa shape index (κ3) is 24.9. The summed E-state index contributed by atoms with van der Waals surface area (Å²) in [6.07, 6.45) is 0. The molecule has 0 heterocycles. The zero-order valence-electron chi connectivity index (χ0n) is 0.500. The van der Waals surface area contributed by atoms with Gasteiger partial charge < -0.3 is 5.48 Å². The fourth-order valence-electron chi connectivity index (χ4n) is 0. The molecule has 0 bridgehead atoms. The molecular formula is H13BOSi2. The van der Waals surface area contributed by atoms with E-state index < -0.39 is 0 Å². The van der Waals surface area contributed by atoms with E-state index in [4.69, 9.17) is 0 Å². The van der Waals surface area contributed by atoms with Gasteiger partial charge in [-0.25, -0.2) is 0 Å². The van der Waals surface area contributed by atoms with E-state index in [1.165, 1.54) is 0 Å². The normalized spacial score (nSPS) is 0. The van der Waals surface area contributed by atoms with Gasteiger partial charge in [-0.15, -0.1) is 0 Å². The molecule has 0 atom stereocenters. The largest absolute Gasteiger partial charge is 0.412 e. The fourth-order valence-corrected chi connectivity index (χ4v) is 0. The van der Waals surface area contributed by atoms with Gasteiger partial charge in [-0.2, -0.15) is 0 Å². The van der Waals surface area contributed by atoms with Crippen LogP contribution < -0.4 is 0 Å². The summed E-state index contributed by atoms with van der Waals surface area (Å²) in [7, 11) is 0. The molecule has 0 rings (SSSR count). The summed E-state index contributed by atoms with van der Waals surface area (Å²) in [6, 6.07) is 0. The van der Waals surface area contributed by atoms with Gasteiger partial charge in [-0.3, -0.25) is 0 Å². The average molecular weight is 96.1 g/mol. The van der Waals surface area contributed by atoms with E-state index >= 15 is 0 Å². The second kappa shape index (κ2) is 99.4. The Bertz CT molecular complexity index is 6.00. The molecule has 0 saturated heterocycles. The van der Waals surface area contributed by atoms with Crippen molar-refractivity contribution in [2.24, 2.45) is 0 Å². The molecule has 0 radical (unpaired) electrons. The molecular weight excluding hydrogens is 83.0 g/mol. The van der Waals surface area contributed by atoms with E-state index in [1.807, 2.05) is 0 Å². The summed E-state index contributed by atoms with van der Waals surface area (Å²) in [6.45, 7) is 0. The predicted molar refractivity (Wildman–Crippen MR) is 36.2 cm³/mol. The summed E-state index contributed by atoms with van der Waals surface area (Å²) >= 11 is 0. The molecule has 2 N–H and O–H groups in total. The van der Waals surface area contributed by atoms with Gasteiger partial charge in [0.25, 0.3) is 0 Å². The first-order valence-corrected chi connectivity index (χ1v) is 0. The first kappa shape index (κ1) is 253. The maximum absolute atomic E-state index is 0. The van der Waals surface area contributed by atoms with Gasteiger partial charge in [0.2, 0.25) is 0 Å². The van der Waals surface area contributed by atoms with Crippen molar-refractivity contribution >= 4 is 30.3 Å². The van der Waals surface area contributed by atoms with E-state index in [2.05, 4.69) is 0 Å². The van der Waals surface area contributed by atoms with Gasteiger partial charge in [0, 0.05) is 0 Å². The maximum Gasteiger partial charge on any atom is 0.0814 e. The van der Waals surface area contributed by atoms with Gasteiger partial charge in [-0.1, -0.05) is 0 Å². The Labute approximate surface area is 36.7 Å². The van der Waals surface area contributed by atoms with Crippen molar-refractivity contribution in [2.45, 2.75) is 0 Å². The van der Waals surface area contributed by atoms with Crippen LogP contribution in [0.1, 0.15) is 0 Å². The number of hydrogen-bond acceptors (Lipinski definition) is 0. The standard InChI is InChI=1S/BH3.H2O.2H4Si/h1H3;1H2;2*1H4. The summed E-state index contributed by atoms with van der Waals surface area (Å²) < 4.78 is 0. The topological polar surface area (TPSA) is 31.5 Å². The van der Waals surface area contributed by atoms with Crippen LogP contribution in [0.4, 0.5) is 0 Å². The molecule has 0 aromatic rings. The van der Waals surface area contributed by atoms with Gasteiger partial charge in [0.05, 0.1) is 8.41 Å². The Hall–Kier alpha value is 0.459. The molecule has 0 aliphatic carbocycles. The van der Waals surface area contributed by atoms with Crippen molar-refractivity contribution in [1.82, 2.24) is 0 Å². The smallest absolute Gasteiger partial charge is 0.0814 e. The number of rotatable bonds is 0. The van der Waals surface area contributed by atoms with Gasteiger partial charge >= 0.3 is 0 Å². The molecule has 0 saturated carbocycles. The molecule has 1 nitrogen and oxygen atoms in total.